The summed E-state index contributed by atoms with van der Waals surface area (Å²) in [6.07, 6.45) is 3.15. The molecule has 1 amide bonds. The van der Waals surface area contributed by atoms with Crippen LogP contribution in [0.15, 0.2) is 46.5 Å². The summed E-state index contributed by atoms with van der Waals surface area (Å²) in [7, 11) is -3.48. The molecule has 10 heteroatoms. The fourth-order valence-electron chi connectivity index (χ4n) is 3.29. The maximum atomic E-state index is 12.6. The van der Waals surface area contributed by atoms with Crippen LogP contribution in [0.25, 0.3) is 0 Å². The monoisotopic (exact) mass is 449 g/mol. The van der Waals surface area contributed by atoms with Crippen molar-refractivity contribution in [2.45, 2.75) is 41.5 Å². The number of nitrogens with zero attached hydrogens (tertiary/aromatic N) is 2. The van der Waals surface area contributed by atoms with E-state index < -0.39 is 10.0 Å². The second kappa shape index (κ2) is 8.83. The molecule has 2 aromatic rings. The second-order valence-electron chi connectivity index (χ2n) is 7.11. The number of sulfonamides is 1. The predicted molar refractivity (Wildman–Crippen MR) is 112 cm³/mol. The molecule has 0 bridgehead atoms. The Labute approximate surface area is 180 Å². The molecule has 3 heterocycles. The lowest BCUT2D eigenvalue weighted by atomic mass is 10.2. The fraction of sp³-hybridized carbons (Fsp3) is 0.400. The molecule has 1 aromatic carbocycles. The third-order valence-corrected chi connectivity index (χ3v) is 7.92. The first-order valence-corrected chi connectivity index (χ1v) is 12.0. The van der Waals surface area contributed by atoms with Crippen LogP contribution in [0.5, 0.6) is 11.5 Å². The molecule has 1 fully saturated rings. The zero-order valence-corrected chi connectivity index (χ0v) is 18.2. The lowest BCUT2D eigenvalue weighted by molar-refractivity contribution is -0.120. The number of carbonyl (C=O) groups excluding carboxylic acids is 1. The molecule has 0 aliphatic carbocycles. The van der Waals surface area contributed by atoms with Gasteiger partial charge in [-0.1, -0.05) is 17.8 Å². The number of hydrogen-bond donors (Lipinski definition) is 1. The highest BCUT2D eigenvalue weighted by atomic mass is 32.2. The summed E-state index contributed by atoms with van der Waals surface area (Å²) in [5.41, 5.74) is 0.916. The van der Waals surface area contributed by atoms with Gasteiger partial charge in [0.25, 0.3) is 0 Å². The maximum absolute atomic E-state index is 12.6. The van der Waals surface area contributed by atoms with Crippen LogP contribution in [-0.2, 0) is 21.4 Å². The molecule has 160 valence electrons. The maximum Gasteiger partial charge on any atom is 0.244 e. The van der Waals surface area contributed by atoms with E-state index in [0.29, 0.717) is 36.2 Å². The van der Waals surface area contributed by atoms with Gasteiger partial charge in [-0.15, -0.1) is 0 Å². The van der Waals surface area contributed by atoms with Crippen molar-refractivity contribution >= 4 is 27.7 Å². The Morgan fingerprint density at radius 1 is 1.20 bits per heavy atom. The number of hydrogen-bond acceptors (Lipinski definition) is 7. The Balaban J connectivity index is 1.32. The largest absolute Gasteiger partial charge is 0.454 e. The van der Waals surface area contributed by atoms with E-state index in [2.05, 4.69) is 10.3 Å². The van der Waals surface area contributed by atoms with E-state index >= 15 is 0 Å². The first-order valence-electron chi connectivity index (χ1n) is 9.72. The minimum Gasteiger partial charge on any atom is -0.454 e. The molecule has 2 aliphatic rings. The topological polar surface area (TPSA) is 97.8 Å². The van der Waals surface area contributed by atoms with E-state index in [1.54, 1.807) is 19.1 Å². The molecule has 4 rings (SSSR count). The Kier molecular flexibility index (Phi) is 6.16. The Morgan fingerprint density at radius 2 is 1.97 bits per heavy atom. The summed E-state index contributed by atoms with van der Waals surface area (Å²) >= 11 is 1.28. The van der Waals surface area contributed by atoms with Gasteiger partial charge < -0.3 is 14.8 Å². The van der Waals surface area contributed by atoms with Crippen LogP contribution in [0, 0.1) is 0 Å². The summed E-state index contributed by atoms with van der Waals surface area (Å²) in [6, 6.07) is 8.76. The number of nitrogens with one attached hydrogen (secondary N) is 1. The molecule has 8 nitrogen and oxygen atoms in total. The zero-order chi connectivity index (χ0) is 21.1. The van der Waals surface area contributed by atoms with E-state index in [1.165, 1.54) is 22.3 Å². The number of thioether (sulfide) groups is 1. The van der Waals surface area contributed by atoms with Crippen molar-refractivity contribution < 1.29 is 22.7 Å². The van der Waals surface area contributed by atoms with Crippen molar-refractivity contribution in [1.82, 2.24) is 14.6 Å². The van der Waals surface area contributed by atoms with Gasteiger partial charge in [0.05, 0.1) is 10.3 Å². The number of carbonyl (C=O) groups is 1. The highest BCUT2D eigenvalue weighted by Crippen LogP contribution is 2.32. The van der Waals surface area contributed by atoms with Gasteiger partial charge in [0.15, 0.2) is 11.5 Å². The summed E-state index contributed by atoms with van der Waals surface area (Å²) in [5.74, 6) is 1.25. The molecule has 0 saturated carbocycles. The van der Waals surface area contributed by atoms with Crippen LogP contribution in [0.3, 0.4) is 0 Å². The van der Waals surface area contributed by atoms with Gasteiger partial charge in [-0.3, -0.25) is 4.79 Å². The average Bonchev–Trinajstić information content (AvgIpc) is 3.44. The SMILES string of the molecule is C[C@H](Sc1ccc(S(=O)(=O)N2CCCC2)cn1)C(=O)NCc1ccc2c(c1)OCO2. The van der Waals surface area contributed by atoms with Crippen molar-refractivity contribution in [3.8, 4) is 11.5 Å². The number of fused-ring (bicyclic) bond motifs is 1. The molecule has 30 heavy (non-hydrogen) atoms. The Bertz CT molecular complexity index is 1020. The predicted octanol–water partition coefficient (Wildman–Crippen LogP) is 2.39. The van der Waals surface area contributed by atoms with Crippen LogP contribution in [0.1, 0.15) is 25.3 Å². The number of pyridine rings is 1. The summed E-state index contributed by atoms with van der Waals surface area (Å²) in [4.78, 5) is 16.9. The van der Waals surface area contributed by atoms with E-state index in [4.69, 9.17) is 9.47 Å². The number of ether oxygens (including phenoxy) is 2. The highest BCUT2D eigenvalue weighted by Gasteiger charge is 2.27. The lowest BCUT2D eigenvalue weighted by Gasteiger charge is -2.15. The normalized spacial score (nSPS) is 17.1. The number of rotatable bonds is 7. The molecule has 2 aliphatic heterocycles. The number of amides is 1. The smallest absolute Gasteiger partial charge is 0.244 e. The molecular formula is C20H23N3O5S2. The zero-order valence-electron chi connectivity index (χ0n) is 16.5. The van der Waals surface area contributed by atoms with Gasteiger partial charge in [-0.05, 0) is 49.6 Å². The summed E-state index contributed by atoms with van der Waals surface area (Å²) < 4.78 is 37.2. The van der Waals surface area contributed by atoms with Gasteiger partial charge in [0.2, 0.25) is 22.7 Å². The average molecular weight is 450 g/mol. The molecule has 1 saturated heterocycles. The lowest BCUT2D eigenvalue weighted by Crippen LogP contribution is -2.30. The Morgan fingerprint density at radius 3 is 2.70 bits per heavy atom. The third-order valence-electron chi connectivity index (χ3n) is 4.98. The van der Waals surface area contributed by atoms with Gasteiger partial charge in [-0.2, -0.15) is 4.31 Å². The van der Waals surface area contributed by atoms with Crippen molar-refractivity contribution in [2.24, 2.45) is 0 Å². The molecule has 1 atom stereocenters. The van der Waals surface area contributed by atoms with E-state index in [9.17, 15) is 13.2 Å². The molecule has 1 N–H and O–H groups in total. The number of benzene rings is 1. The highest BCUT2D eigenvalue weighted by molar-refractivity contribution is 8.00. The molecule has 1 aromatic heterocycles. The van der Waals surface area contributed by atoms with Crippen LogP contribution >= 0.6 is 11.8 Å². The van der Waals surface area contributed by atoms with Crippen LogP contribution < -0.4 is 14.8 Å². The van der Waals surface area contributed by atoms with Crippen LogP contribution in [-0.4, -0.2) is 48.7 Å². The standard InChI is InChI=1S/C20H23N3O5S2/c1-14(20(24)22-11-15-4-6-17-18(10-15)28-13-27-17)29-19-7-5-16(12-21-19)30(25,26)23-8-2-3-9-23/h4-7,10,12,14H,2-3,8-9,11,13H2,1H3,(H,22,24)/t14-/m0/s1. The third kappa shape index (κ3) is 4.55. The van der Waals surface area contributed by atoms with E-state index in [-0.39, 0.29) is 22.8 Å². The molecule has 0 radical (unpaired) electrons. The quantitative estimate of drug-likeness (QED) is 0.648. The van der Waals surface area contributed by atoms with E-state index in [0.717, 1.165) is 18.4 Å². The fourth-order valence-corrected chi connectivity index (χ4v) is 5.56. The first kappa shape index (κ1) is 21.0. The minimum absolute atomic E-state index is 0.131. The molecule has 0 spiro atoms. The van der Waals surface area contributed by atoms with Gasteiger partial charge in [-0.25, -0.2) is 13.4 Å². The van der Waals surface area contributed by atoms with Gasteiger partial charge in [0.1, 0.15) is 4.90 Å². The summed E-state index contributed by atoms with van der Waals surface area (Å²) in [5, 5.41) is 3.11. The van der Waals surface area contributed by atoms with Crippen LogP contribution in [0.4, 0.5) is 0 Å². The van der Waals surface area contributed by atoms with Gasteiger partial charge >= 0.3 is 0 Å². The first-order chi connectivity index (χ1) is 14.4. The molecule has 0 unspecified atom stereocenters. The Hall–Kier alpha value is -2.30. The number of aromatic nitrogens is 1. The van der Waals surface area contributed by atoms with Crippen molar-refractivity contribution in [3.05, 3.63) is 42.1 Å². The van der Waals surface area contributed by atoms with Crippen molar-refractivity contribution in [2.75, 3.05) is 19.9 Å². The van der Waals surface area contributed by atoms with E-state index in [1.807, 2.05) is 18.2 Å². The minimum atomic E-state index is -3.48. The van der Waals surface area contributed by atoms with Crippen LogP contribution in [0.2, 0.25) is 0 Å². The van der Waals surface area contributed by atoms with Crippen molar-refractivity contribution in [3.63, 3.8) is 0 Å². The summed E-state index contributed by atoms with van der Waals surface area (Å²) in [6.45, 7) is 3.49. The van der Waals surface area contributed by atoms with Gasteiger partial charge in [0, 0.05) is 25.8 Å². The molecular weight excluding hydrogens is 426 g/mol. The van der Waals surface area contributed by atoms with Crippen molar-refractivity contribution in [1.29, 1.82) is 0 Å². The second-order valence-corrected chi connectivity index (χ2v) is 10.4.